The quantitative estimate of drug-likeness (QED) is 0.611. The molecule has 3 atom stereocenters. The van der Waals surface area contributed by atoms with E-state index >= 15 is 0 Å². The van der Waals surface area contributed by atoms with Gasteiger partial charge in [0.1, 0.15) is 0 Å². The monoisotopic (exact) mass is 348 g/mol. The van der Waals surface area contributed by atoms with E-state index in [2.05, 4.69) is 54.5 Å². The molecule has 0 amide bonds. The van der Waals surface area contributed by atoms with Crippen molar-refractivity contribution in [1.29, 1.82) is 0 Å². The van der Waals surface area contributed by atoms with E-state index in [0.717, 1.165) is 43.3 Å². The third-order valence-electron chi connectivity index (χ3n) is 6.03. The highest BCUT2D eigenvalue weighted by molar-refractivity contribution is 5.80. The smallest absolute Gasteiger partial charge is 0.191 e. The Balaban J connectivity index is 1.55. The second kappa shape index (κ2) is 7.36. The van der Waals surface area contributed by atoms with Crippen molar-refractivity contribution in [3.63, 3.8) is 0 Å². The van der Waals surface area contributed by atoms with Crippen LogP contribution in [0, 0.1) is 11.3 Å². The molecule has 3 unspecified atom stereocenters. The van der Waals surface area contributed by atoms with Crippen LogP contribution in [0.25, 0.3) is 0 Å². The molecule has 2 aliphatic rings. The highest BCUT2D eigenvalue weighted by Crippen LogP contribution is 2.52. The largest absolute Gasteiger partial charge is 0.377 e. The molecule has 0 bridgehead atoms. The van der Waals surface area contributed by atoms with Gasteiger partial charge in [0.05, 0.1) is 18.3 Å². The van der Waals surface area contributed by atoms with Gasteiger partial charge in [0.2, 0.25) is 0 Å². The number of rotatable bonds is 6. The maximum Gasteiger partial charge on any atom is 0.191 e. The highest BCUT2D eigenvalue weighted by Gasteiger charge is 2.59. The zero-order chi connectivity index (χ0) is 18.0. The lowest BCUT2D eigenvalue weighted by atomic mass is 9.57. The fourth-order valence-electron chi connectivity index (χ4n) is 4.44. The van der Waals surface area contributed by atoms with E-state index in [1.807, 2.05) is 0 Å². The van der Waals surface area contributed by atoms with Crippen LogP contribution < -0.4 is 10.6 Å². The van der Waals surface area contributed by atoms with E-state index in [-0.39, 0.29) is 5.41 Å². The van der Waals surface area contributed by atoms with Gasteiger partial charge in [-0.25, -0.2) is 0 Å². The average Bonchev–Trinajstić information content (AvgIpc) is 3.24. The first kappa shape index (κ1) is 18.2. The molecule has 2 N–H and O–H groups in total. The van der Waals surface area contributed by atoms with Gasteiger partial charge in [-0.1, -0.05) is 32.9 Å². The highest BCUT2D eigenvalue weighted by atomic mass is 16.5. The molecule has 1 aliphatic carbocycles. The van der Waals surface area contributed by atoms with Gasteiger partial charge in [-0.2, -0.15) is 0 Å². The van der Waals surface area contributed by atoms with E-state index in [1.54, 1.807) is 7.05 Å². The molecular formula is C19H32N4O2. The summed E-state index contributed by atoms with van der Waals surface area (Å²) < 4.78 is 11.3. The number of fused-ring (bicyclic) bond motifs is 1. The Kier molecular flexibility index (Phi) is 5.37. The summed E-state index contributed by atoms with van der Waals surface area (Å²) in [6, 6.07) is 2.45. The zero-order valence-electron chi connectivity index (χ0n) is 16.1. The van der Waals surface area contributed by atoms with Crippen molar-refractivity contribution in [3.05, 3.63) is 17.5 Å². The van der Waals surface area contributed by atoms with Crippen LogP contribution in [-0.4, -0.2) is 36.9 Å². The summed E-state index contributed by atoms with van der Waals surface area (Å²) in [5, 5.41) is 11.2. The molecule has 1 saturated heterocycles. The van der Waals surface area contributed by atoms with Gasteiger partial charge in [-0.05, 0) is 19.3 Å². The average molecular weight is 348 g/mol. The molecular weight excluding hydrogens is 316 g/mol. The van der Waals surface area contributed by atoms with Crippen LogP contribution in [0.1, 0.15) is 64.3 Å². The number of guanidine groups is 1. The van der Waals surface area contributed by atoms with Crippen LogP contribution >= 0.6 is 0 Å². The molecule has 140 valence electrons. The van der Waals surface area contributed by atoms with E-state index in [0.29, 0.717) is 30.5 Å². The van der Waals surface area contributed by atoms with Gasteiger partial charge >= 0.3 is 0 Å². The molecule has 2 fully saturated rings. The fraction of sp³-hybridized carbons (Fsp3) is 0.789. The Morgan fingerprint density at radius 3 is 2.84 bits per heavy atom. The number of nitrogens with one attached hydrogen (secondary N) is 2. The van der Waals surface area contributed by atoms with Crippen molar-refractivity contribution in [1.82, 2.24) is 15.8 Å². The summed E-state index contributed by atoms with van der Waals surface area (Å²) in [5.41, 5.74) is 1.18. The maximum absolute atomic E-state index is 5.86. The van der Waals surface area contributed by atoms with Gasteiger partial charge < -0.3 is 19.9 Å². The lowest BCUT2D eigenvalue weighted by Crippen LogP contribution is -2.67. The van der Waals surface area contributed by atoms with Crippen molar-refractivity contribution < 1.29 is 9.26 Å². The molecule has 0 aromatic carbocycles. The maximum atomic E-state index is 5.86. The van der Waals surface area contributed by atoms with Crippen LogP contribution in [0.2, 0.25) is 0 Å². The molecule has 1 saturated carbocycles. The van der Waals surface area contributed by atoms with Crippen molar-refractivity contribution in [2.75, 3.05) is 13.7 Å². The van der Waals surface area contributed by atoms with Gasteiger partial charge in [0, 0.05) is 43.0 Å². The number of nitrogens with zero attached hydrogens (tertiary/aromatic N) is 2. The van der Waals surface area contributed by atoms with Crippen LogP contribution in [0.3, 0.4) is 0 Å². The number of hydrogen-bond donors (Lipinski definition) is 2. The van der Waals surface area contributed by atoms with Crippen LogP contribution in [0.5, 0.6) is 0 Å². The second-order valence-electron chi connectivity index (χ2n) is 7.84. The first-order chi connectivity index (χ1) is 12.0. The predicted molar refractivity (Wildman–Crippen MR) is 98.6 cm³/mol. The van der Waals surface area contributed by atoms with Crippen molar-refractivity contribution in [3.8, 4) is 0 Å². The summed E-state index contributed by atoms with van der Waals surface area (Å²) >= 11 is 0. The number of ether oxygens (including phenoxy) is 1. The first-order valence-corrected chi connectivity index (χ1v) is 9.55. The molecule has 1 aliphatic heterocycles. The van der Waals surface area contributed by atoms with Crippen molar-refractivity contribution in [2.24, 2.45) is 16.3 Å². The minimum absolute atomic E-state index is 0.133. The number of aliphatic imine (C=N–C) groups is 1. The van der Waals surface area contributed by atoms with Crippen molar-refractivity contribution >= 4 is 5.96 Å². The lowest BCUT2D eigenvalue weighted by Gasteiger charge is -2.54. The van der Waals surface area contributed by atoms with E-state index < -0.39 is 0 Å². The van der Waals surface area contributed by atoms with Gasteiger partial charge in [0.15, 0.2) is 11.7 Å². The molecule has 6 nitrogen and oxygen atoms in total. The Morgan fingerprint density at radius 2 is 2.16 bits per heavy atom. The van der Waals surface area contributed by atoms with Gasteiger partial charge in [-0.3, -0.25) is 4.99 Å². The third-order valence-corrected chi connectivity index (χ3v) is 6.03. The second-order valence-corrected chi connectivity index (χ2v) is 7.84. The summed E-state index contributed by atoms with van der Waals surface area (Å²) in [6.45, 7) is 10.4. The van der Waals surface area contributed by atoms with Crippen LogP contribution in [0.4, 0.5) is 0 Å². The minimum Gasteiger partial charge on any atom is -0.377 e. The summed E-state index contributed by atoms with van der Waals surface area (Å²) in [7, 11) is 1.81. The molecule has 1 aromatic heterocycles. The van der Waals surface area contributed by atoms with Crippen LogP contribution in [0.15, 0.2) is 15.6 Å². The Labute approximate surface area is 150 Å². The Morgan fingerprint density at radius 1 is 1.40 bits per heavy atom. The van der Waals surface area contributed by atoms with Crippen molar-refractivity contribution in [2.45, 2.75) is 71.6 Å². The van der Waals surface area contributed by atoms with Gasteiger partial charge in [-0.15, -0.1) is 0 Å². The standard InChI is InChI=1S/C19H32N4O2/c1-6-12(7-2)15-10-13(25-23-15)11-21-18(20-5)22-16-14-8-9-24-17(14)19(16,3)4/h10,12,14,16-17H,6-9,11H2,1-5H3,(H2,20,21,22). The Bertz CT molecular complexity index is 606. The molecule has 2 heterocycles. The van der Waals surface area contributed by atoms with Crippen LogP contribution in [-0.2, 0) is 11.3 Å². The Hall–Kier alpha value is -1.56. The summed E-state index contributed by atoms with van der Waals surface area (Å²) in [5.74, 6) is 2.72. The number of hydrogen-bond acceptors (Lipinski definition) is 4. The molecule has 0 spiro atoms. The van der Waals surface area contributed by atoms with Gasteiger partial charge in [0.25, 0.3) is 0 Å². The van der Waals surface area contributed by atoms with E-state index in [4.69, 9.17) is 9.26 Å². The third kappa shape index (κ3) is 3.41. The predicted octanol–water partition coefficient (Wildman–Crippen LogP) is 3.06. The fourth-order valence-corrected chi connectivity index (χ4v) is 4.44. The molecule has 3 rings (SSSR count). The summed E-state index contributed by atoms with van der Waals surface area (Å²) in [4.78, 5) is 4.37. The SMILES string of the molecule is CCC(CC)c1cc(CNC(=NC)NC2C3CCOC3C2(C)C)on1. The van der Waals surface area contributed by atoms with E-state index in [9.17, 15) is 0 Å². The minimum atomic E-state index is 0.133. The topological polar surface area (TPSA) is 71.7 Å². The number of aromatic nitrogens is 1. The normalized spacial score (nSPS) is 27.9. The molecule has 1 aromatic rings. The summed E-state index contributed by atoms with van der Waals surface area (Å²) in [6.07, 6.45) is 3.67. The zero-order valence-corrected chi connectivity index (χ0v) is 16.1. The van der Waals surface area contributed by atoms with E-state index in [1.165, 1.54) is 0 Å². The molecule has 6 heteroatoms. The molecule has 25 heavy (non-hydrogen) atoms. The lowest BCUT2D eigenvalue weighted by molar-refractivity contribution is -0.106. The molecule has 0 radical (unpaired) electrons. The first-order valence-electron chi connectivity index (χ1n) is 9.55.